The number of anilines is 1. The van der Waals surface area contributed by atoms with E-state index in [4.69, 9.17) is 5.84 Å². The highest BCUT2D eigenvalue weighted by molar-refractivity contribution is 9.10. The molecule has 2 rings (SSSR count). The molecule has 3 N–H and O–H groups in total. The first kappa shape index (κ1) is 8.33. The van der Waals surface area contributed by atoms with Gasteiger partial charge in [0.05, 0.1) is 6.20 Å². The van der Waals surface area contributed by atoms with Crippen LogP contribution in [0.15, 0.2) is 22.9 Å². The first-order valence-electron chi connectivity index (χ1n) is 3.54. The molecule has 66 valence electrons. The quantitative estimate of drug-likeness (QED) is 0.576. The third kappa shape index (κ3) is 1.58. The van der Waals surface area contributed by atoms with Gasteiger partial charge in [-0.3, -0.25) is 0 Å². The van der Waals surface area contributed by atoms with Gasteiger partial charge in [0.25, 0.3) is 0 Å². The van der Waals surface area contributed by atoms with Crippen molar-refractivity contribution < 1.29 is 0 Å². The van der Waals surface area contributed by atoms with Gasteiger partial charge in [-0.05, 0) is 22.0 Å². The number of hydrogen-bond acceptors (Lipinski definition) is 5. The second-order valence-corrected chi connectivity index (χ2v) is 3.31. The molecule has 0 spiro atoms. The number of nitrogens with zero attached hydrogens (tertiary/aromatic N) is 3. The zero-order valence-corrected chi connectivity index (χ0v) is 8.12. The van der Waals surface area contributed by atoms with E-state index >= 15 is 0 Å². The third-order valence-corrected chi connectivity index (χ3v) is 1.95. The fourth-order valence-corrected chi connectivity index (χ4v) is 1.26. The standard InChI is InChI=1S/C7H6BrN5/c8-4-1-5-7(11-2-4)12-6(13-9)3-10-5/h1-3H,9H2,(H,11,12,13). The van der Waals surface area contributed by atoms with Crippen LogP contribution in [0.25, 0.3) is 11.2 Å². The molecule has 0 bridgehead atoms. The van der Waals surface area contributed by atoms with Crippen LogP contribution in [0.5, 0.6) is 0 Å². The van der Waals surface area contributed by atoms with E-state index in [0.29, 0.717) is 11.5 Å². The number of rotatable bonds is 1. The molecule has 0 aliphatic rings. The predicted molar refractivity (Wildman–Crippen MR) is 52.8 cm³/mol. The van der Waals surface area contributed by atoms with Crippen molar-refractivity contribution in [2.24, 2.45) is 5.84 Å². The summed E-state index contributed by atoms with van der Waals surface area (Å²) >= 11 is 3.30. The minimum absolute atomic E-state index is 0.502. The van der Waals surface area contributed by atoms with E-state index in [9.17, 15) is 0 Å². The molecule has 6 heteroatoms. The fraction of sp³-hybridized carbons (Fsp3) is 0. The maximum absolute atomic E-state index is 5.18. The van der Waals surface area contributed by atoms with Gasteiger partial charge in [-0.15, -0.1) is 0 Å². The van der Waals surface area contributed by atoms with Gasteiger partial charge in [0.1, 0.15) is 5.52 Å². The largest absolute Gasteiger partial charge is 0.307 e. The van der Waals surface area contributed by atoms with E-state index in [0.717, 1.165) is 9.99 Å². The Morgan fingerprint density at radius 2 is 2.15 bits per heavy atom. The lowest BCUT2D eigenvalue weighted by Gasteiger charge is -1.99. The Morgan fingerprint density at radius 3 is 2.92 bits per heavy atom. The van der Waals surface area contributed by atoms with Crippen LogP contribution in [-0.4, -0.2) is 15.0 Å². The fourth-order valence-electron chi connectivity index (χ4n) is 0.946. The number of hydrogen-bond donors (Lipinski definition) is 2. The number of halogens is 1. The highest BCUT2D eigenvalue weighted by atomic mass is 79.9. The Labute approximate surface area is 82.5 Å². The Balaban J connectivity index is 2.66. The molecular formula is C7H6BrN5. The van der Waals surface area contributed by atoms with Crippen molar-refractivity contribution in [3.63, 3.8) is 0 Å². The maximum atomic E-state index is 5.18. The van der Waals surface area contributed by atoms with Crippen LogP contribution in [0, 0.1) is 0 Å². The molecule has 0 amide bonds. The van der Waals surface area contributed by atoms with Crippen molar-refractivity contribution in [2.45, 2.75) is 0 Å². The van der Waals surface area contributed by atoms with Crippen molar-refractivity contribution >= 4 is 32.9 Å². The summed E-state index contributed by atoms with van der Waals surface area (Å²) in [5.74, 6) is 5.68. The summed E-state index contributed by atoms with van der Waals surface area (Å²) in [5, 5.41) is 0. The number of hydrazine groups is 1. The summed E-state index contributed by atoms with van der Waals surface area (Å²) in [6.07, 6.45) is 3.22. The molecule has 0 fully saturated rings. The van der Waals surface area contributed by atoms with Crippen LogP contribution < -0.4 is 11.3 Å². The second-order valence-electron chi connectivity index (χ2n) is 2.40. The van der Waals surface area contributed by atoms with Gasteiger partial charge in [-0.2, -0.15) is 0 Å². The summed E-state index contributed by atoms with van der Waals surface area (Å²) in [6.45, 7) is 0. The average Bonchev–Trinajstić information content (AvgIpc) is 2.17. The summed E-state index contributed by atoms with van der Waals surface area (Å²) in [7, 11) is 0. The lowest BCUT2D eigenvalue weighted by atomic mass is 10.4. The molecule has 0 aliphatic carbocycles. The van der Waals surface area contributed by atoms with Crippen molar-refractivity contribution in [3.8, 4) is 0 Å². The molecule has 0 aliphatic heterocycles. The van der Waals surface area contributed by atoms with Crippen molar-refractivity contribution in [1.29, 1.82) is 0 Å². The van der Waals surface area contributed by atoms with Crippen molar-refractivity contribution in [1.82, 2.24) is 15.0 Å². The highest BCUT2D eigenvalue weighted by Crippen LogP contribution is 2.14. The van der Waals surface area contributed by atoms with Gasteiger partial charge in [0.2, 0.25) is 0 Å². The van der Waals surface area contributed by atoms with Gasteiger partial charge in [-0.1, -0.05) is 0 Å². The lowest BCUT2D eigenvalue weighted by molar-refractivity contribution is 1.18. The van der Waals surface area contributed by atoms with Gasteiger partial charge < -0.3 is 5.43 Å². The van der Waals surface area contributed by atoms with Crippen LogP contribution in [0.1, 0.15) is 0 Å². The molecule has 0 saturated carbocycles. The molecule has 0 saturated heterocycles. The second kappa shape index (κ2) is 3.23. The number of fused-ring (bicyclic) bond motifs is 1. The topological polar surface area (TPSA) is 76.7 Å². The Bertz CT molecular complexity index is 444. The van der Waals surface area contributed by atoms with E-state index in [2.05, 4.69) is 36.3 Å². The summed E-state index contributed by atoms with van der Waals surface area (Å²) < 4.78 is 0.878. The Morgan fingerprint density at radius 1 is 1.31 bits per heavy atom. The maximum Gasteiger partial charge on any atom is 0.180 e. The van der Waals surface area contributed by atoms with Crippen LogP contribution in [0.4, 0.5) is 5.82 Å². The summed E-state index contributed by atoms with van der Waals surface area (Å²) in [6, 6.07) is 1.84. The first-order chi connectivity index (χ1) is 6.29. The molecule has 0 radical (unpaired) electrons. The Hall–Kier alpha value is -1.27. The molecule has 13 heavy (non-hydrogen) atoms. The third-order valence-electron chi connectivity index (χ3n) is 1.51. The first-order valence-corrected chi connectivity index (χ1v) is 4.34. The van der Waals surface area contributed by atoms with Crippen LogP contribution >= 0.6 is 15.9 Å². The molecular weight excluding hydrogens is 234 g/mol. The number of nitrogen functional groups attached to an aromatic ring is 1. The smallest absolute Gasteiger partial charge is 0.180 e. The van der Waals surface area contributed by atoms with Gasteiger partial charge in [0.15, 0.2) is 11.5 Å². The molecule has 0 aromatic carbocycles. The number of nitrogens with one attached hydrogen (secondary N) is 1. The average molecular weight is 240 g/mol. The summed E-state index contributed by atoms with van der Waals surface area (Å²) in [5.41, 5.74) is 3.71. The van der Waals surface area contributed by atoms with Crippen LogP contribution in [-0.2, 0) is 0 Å². The van der Waals surface area contributed by atoms with Crippen molar-refractivity contribution in [2.75, 3.05) is 5.43 Å². The number of pyridine rings is 1. The molecule has 0 unspecified atom stereocenters. The minimum atomic E-state index is 0.502. The molecule has 2 aromatic heterocycles. The van der Waals surface area contributed by atoms with E-state index < -0.39 is 0 Å². The van der Waals surface area contributed by atoms with Crippen LogP contribution in [0.3, 0.4) is 0 Å². The zero-order valence-electron chi connectivity index (χ0n) is 6.53. The van der Waals surface area contributed by atoms with Gasteiger partial charge in [0, 0.05) is 10.7 Å². The monoisotopic (exact) mass is 239 g/mol. The lowest BCUT2D eigenvalue weighted by Crippen LogP contribution is -2.09. The number of aromatic nitrogens is 3. The summed E-state index contributed by atoms with van der Waals surface area (Å²) in [4.78, 5) is 12.3. The van der Waals surface area contributed by atoms with Crippen LogP contribution in [0.2, 0.25) is 0 Å². The van der Waals surface area contributed by atoms with Gasteiger partial charge >= 0.3 is 0 Å². The predicted octanol–water partition coefficient (Wildman–Crippen LogP) is 1.07. The molecule has 2 aromatic rings. The van der Waals surface area contributed by atoms with E-state index in [1.54, 1.807) is 12.4 Å². The van der Waals surface area contributed by atoms with E-state index in [1.165, 1.54) is 0 Å². The molecule has 5 nitrogen and oxygen atoms in total. The normalized spacial score (nSPS) is 10.3. The minimum Gasteiger partial charge on any atom is -0.307 e. The van der Waals surface area contributed by atoms with Gasteiger partial charge in [-0.25, -0.2) is 20.8 Å². The Kier molecular flexibility index (Phi) is 2.07. The van der Waals surface area contributed by atoms with E-state index in [1.807, 2.05) is 6.07 Å². The zero-order chi connectivity index (χ0) is 9.26. The SMILES string of the molecule is NNc1cnc2cc(Br)cnc2n1. The number of nitrogens with two attached hydrogens (primary N) is 1. The van der Waals surface area contributed by atoms with E-state index in [-0.39, 0.29) is 0 Å². The highest BCUT2D eigenvalue weighted by Gasteiger charge is 1.99. The van der Waals surface area contributed by atoms with Crippen molar-refractivity contribution in [3.05, 3.63) is 22.9 Å². The molecule has 2 heterocycles. The molecule has 0 atom stereocenters.